The molecule has 0 unspecified atom stereocenters. The molecule has 2 heterocycles. The van der Waals surface area contributed by atoms with Crippen LogP contribution in [0.25, 0.3) is 0 Å². The Bertz CT molecular complexity index is 1390. The number of anilines is 1. The Morgan fingerprint density at radius 3 is 2.39 bits per heavy atom. The SMILES string of the molecule is Cc1c(NS(=O)(=O)c2ccc3c(c2)CN([C@H](C)c2ccc(OCC(F)(F)F)cc2)CC3)noc1C(C)(C)C. The zero-order valence-electron chi connectivity index (χ0n) is 22.0. The number of hydrogen-bond acceptors (Lipinski definition) is 6. The highest BCUT2D eigenvalue weighted by Crippen LogP contribution is 2.33. The number of benzene rings is 2. The van der Waals surface area contributed by atoms with Crippen LogP contribution in [0.4, 0.5) is 19.0 Å². The highest BCUT2D eigenvalue weighted by Gasteiger charge is 2.29. The minimum absolute atomic E-state index is 0.0354. The number of nitrogens with one attached hydrogen (secondary N) is 1. The maximum absolute atomic E-state index is 13.2. The number of sulfonamides is 1. The standard InChI is InChI=1S/C27H32F3N3O4S/c1-17-24(26(3,4)5)37-31-25(17)32-38(34,35)23-11-8-20-12-13-33(15-21(20)14-23)18(2)19-6-9-22(10-7-19)36-16-27(28,29)30/h6-11,14,18H,12-13,15-16H2,1-5H3,(H,31,32)/t18-/m1/s1. The van der Waals surface area contributed by atoms with E-state index in [2.05, 4.69) is 14.8 Å². The van der Waals surface area contributed by atoms with Gasteiger partial charge in [-0.1, -0.05) is 44.1 Å². The Labute approximate surface area is 221 Å². The Balaban J connectivity index is 1.48. The average molecular weight is 552 g/mol. The number of hydrogen-bond donors (Lipinski definition) is 1. The third-order valence-electron chi connectivity index (χ3n) is 6.68. The largest absolute Gasteiger partial charge is 0.484 e. The molecular formula is C27H32F3N3O4S. The molecule has 0 fully saturated rings. The van der Waals surface area contributed by atoms with Gasteiger partial charge >= 0.3 is 6.18 Å². The first-order chi connectivity index (χ1) is 17.6. The fraction of sp³-hybridized carbons (Fsp3) is 0.444. The summed E-state index contributed by atoms with van der Waals surface area (Å²) in [4.78, 5) is 2.34. The van der Waals surface area contributed by atoms with Crippen LogP contribution in [0.2, 0.25) is 0 Å². The molecule has 7 nitrogen and oxygen atoms in total. The van der Waals surface area contributed by atoms with Crippen molar-refractivity contribution in [3.05, 3.63) is 70.5 Å². The predicted octanol–water partition coefficient (Wildman–Crippen LogP) is 6.14. The minimum atomic E-state index is -4.39. The molecular weight excluding hydrogens is 519 g/mol. The molecule has 0 radical (unpaired) electrons. The second-order valence-corrected chi connectivity index (χ2v) is 12.3. The van der Waals surface area contributed by atoms with Crippen molar-refractivity contribution in [2.24, 2.45) is 0 Å². The molecule has 206 valence electrons. The van der Waals surface area contributed by atoms with Crippen molar-refractivity contribution in [3.63, 3.8) is 0 Å². The molecule has 3 aromatic rings. The summed E-state index contributed by atoms with van der Waals surface area (Å²) in [5.74, 6) is 0.942. The van der Waals surface area contributed by atoms with Gasteiger partial charge in [-0.25, -0.2) is 8.42 Å². The number of nitrogens with zero attached hydrogens (tertiary/aromatic N) is 2. The molecule has 1 aromatic heterocycles. The van der Waals surface area contributed by atoms with Crippen molar-refractivity contribution in [3.8, 4) is 5.75 Å². The van der Waals surface area contributed by atoms with Crippen molar-refractivity contribution in [1.29, 1.82) is 0 Å². The first-order valence-electron chi connectivity index (χ1n) is 12.3. The predicted molar refractivity (Wildman–Crippen MR) is 138 cm³/mol. The lowest BCUT2D eigenvalue weighted by molar-refractivity contribution is -0.153. The van der Waals surface area contributed by atoms with Crippen LogP contribution in [0.5, 0.6) is 5.75 Å². The van der Waals surface area contributed by atoms with Crippen molar-refractivity contribution < 1.29 is 30.8 Å². The smallest absolute Gasteiger partial charge is 0.422 e. The van der Waals surface area contributed by atoms with Crippen LogP contribution >= 0.6 is 0 Å². The van der Waals surface area contributed by atoms with Gasteiger partial charge in [-0.15, -0.1) is 0 Å². The topological polar surface area (TPSA) is 84.7 Å². The van der Waals surface area contributed by atoms with E-state index in [1.165, 1.54) is 12.1 Å². The summed E-state index contributed by atoms with van der Waals surface area (Å²) in [6, 6.07) is 11.7. The molecule has 0 bridgehead atoms. The number of aromatic nitrogens is 1. The molecule has 0 saturated carbocycles. The number of halogens is 3. The lowest BCUT2D eigenvalue weighted by Gasteiger charge is -2.34. The van der Waals surface area contributed by atoms with E-state index in [-0.39, 0.29) is 27.9 Å². The van der Waals surface area contributed by atoms with Crippen LogP contribution in [0.3, 0.4) is 0 Å². The van der Waals surface area contributed by atoms with Gasteiger partial charge in [0.25, 0.3) is 10.0 Å². The molecule has 0 spiro atoms. The normalized spacial score (nSPS) is 15.7. The van der Waals surface area contributed by atoms with Gasteiger partial charge in [-0.3, -0.25) is 9.62 Å². The summed E-state index contributed by atoms with van der Waals surface area (Å²) in [6.45, 7) is 9.64. The summed E-state index contributed by atoms with van der Waals surface area (Å²) in [6.07, 6.45) is -3.64. The van der Waals surface area contributed by atoms with Gasteiger partial charge in [0.2, 0.25) is 0 Å². The zero-order chi connectivity index (χ0) is 27.9. The van der Waals surface area contributed by atoms with Gasteiger partial charge in [0.15, 0.2) is 12.4 Å². The highest BCUT2D eigenvalue weighted by molar-refractivity contribution is 7.92. The summed E-state index contributed by atoms with van der Waals surface area (Å²) >= 11 is 0. The van der Waals surface area contributed by atoms with Crippen molar-refractivity contribution in [2.45, 2.75) is 70.1 Å². The van der Waals surface area contributed by atoms with Crippen LogP contribution in [0.15, 0.2) is 51.9 Å². The van der Waals surface area contributed by atoms with E-state index in [1.54, 1.807) is 31.2 Å². The third kappa shape index (κ3) is 6.32. The van der Waals surface area contributed by atoms with E-state index in [0.717, 1.165) is 29.7 Å². The molecule has 0 aliphatic carbocycles. The lowest BCUT2D eigenvalue weighted by atomic mass is 9.91. The number of fused-ring (bicyclic) bond motifs is 1. The maximum atomic E-state index is 13.2. The Morgan fingerprint density at radius 1 is 1.11 bits per heavy atom. The second-order valence-electron chi connectivity index (χ2n) is 10.6. The van der Waals surface area contributed by atoms with Gasteiger partial charge in [-0.2, -0.15) is 13.2 Å². The molecule has 11 heteroatoms. The number of rotatable bonds is 7. The Kier molecular flexibility index (Phi) is 7.55. The van der Waals surface area contributed by atoms with E-state index in [4.69, 9.17) is 9.26 Å². The maximum Gasteiger partial charge on any atom is 0.422 e. The van der Waals surface area contributed by atoms with Crippen LogP contribution < -0.4 is 9.46 Å². The number of ether oxygens (including phenoxy) is 1. The van der Waals surface area contributed by atoms with Gasteiger partial charge in [-0.05, 0) is 61.2 Å². The first-order valence-corrected chi connectivity index (χ1v) is 13.8. The van der Waals surface area contributed by atoms with Gasteiger partial charge < -0.3 is 9.26 Å². The van der Waals surface area contributed by atoms with Gasteiger partial charge in [0.1, 0.15) is 11.5 Å². The molecule has 0 amide bonds. The van der Waals surface area contributed by atoms with Gasteiger partial charge in [0, 0.05) is 30.1 Å². The summed E-state index contributed by atoms with van der Waals surface area (Å²) in [5.41, 5.74) is 3.24. The fourth-order valence-corrected chi connectivity index (χ4v) is 5.70. The Morgan fingerprint density at radius 2 is 1.79 bits per heavy atom. The van der Waals surface area contributed by atoms with Gasteiger partial charge in [0.05, 0.1) is 4.90 Å². The molecule has 4 rings (SSSR count). The molecule has 38 heavy (non-hydrogen) atoms. The lowest BCUT2D eigenvalue weighted by Crippen LogP contribution is -2.33. The fourth-order valence-electron chi connectivity index (χ4n) is 4.59. The van der Waals surface area contributed by atoms with Crippen LogP contribution in [0, 0.1) is 6.92 Å². The third-order valence-corrected chi connectivity index (χ3v) is 8.02. The second kappa shape index (κ2) is 10.3. The number of alkyl halides is 3. The summed E-state index contributed by atoms with van der Waals surface area (Å²) < 4.78 is 76.4. The zero-order valence-corrected chi connectivity index (χ0v) is 22.8. The average Bonchev–Trinajstić information content (AvgIpc) is 3.21. The molecule has 1 aliphatic rings. The quantitative estimate of drug-likeness (QED) is 0.380. The monoisotopic (exact) mass is 551 g/mol. The van der Waals surface area contributed by atoms with Crippen LogP contribution in [0.1, 0.15) is 61.8 Å². The highest BCUT2D eigenvalue weighted by atomic mass is 32.2. The van der Waals surface area contributed by atoms with Crippen molar-refractivity contribution in [2.75, 3.05) is 17.9 Å². The van der Waals surface area contributed by atoms with E-state index in [9.17, 15) is 21.6 Å². The molecule has 1 aliphatic heterocycles. The molecule has 0 saturated heterocycles. The Hall–Kier alpha value is -3.05. The summed E-state index contributed by atoms with van der Waals surface area (Å²) in [7, 11) is -3.90. The van der Waals surface area contributed by atoms with Crippen molar-refractivity contribution >= 4 is 15.8 Å². The van der Waals surface area contributed by atoms with E-state index >= 15 is 0 Å². The van der Waals surface area contributed by atoms with Crippen LogP contribution in [-0.4, -0.2) is 37.8 Å². The van der Waals surface area contributed by atoms with E-state index in [1.807, 2.05) is 33.8 Å². The molecule has 2 aromatic carbocycles. The molecule has 1 atom stereocenters. The minimum Gasteiger partial charge on any atom is -0.484 e. The van der Waals surface area contributed by atoms with E-state index in [0.29, 0.717) is 17.9 Å². The first kappa shape index (κ1) is 28.0. The van der Waals surface area contributed by atoms with Crippen molar-refractivity contribution in [1.82, 2.24) is 10.1 Å². The summed E-state index contributed by atoms with van der Waals surface area (Å²) in [5, 5.41) is 3.94. The van der Waals surface area contributed by atoms with E-state index < -0.39 is 22.8 Å². The van der Waals surface area contributed by atoms with Crippen LogP contribution in [-0.2, 0) is 28.4 Å². The molecule has 1 N–H and O–H groups in total.